The second-order valence-corrected chi connectivity index (χ2v) is 16.6. The third-order valence-electron chi connectivity index (χ3n) is 11.5. The molecule has 0 atom stereocenters. The van der Waals surface area contributed by atoms with E-state index < -0.39 is 11.9 Å². The van der Waals surface area contributed by atoms with Gasteiger partial charge in [-0.1, -0.05) is 48.2 Å². The molecule has 15 nitrogen and oxygen atoms in total. The van der Waals surface area contributed by atoms with Crippen LogP contribution in [0.1, 0.15) is 50.2 Å². The first kappa shape index (κ1) is 49.6. The fourth-order valence-corrected chi connectivity index (χ4v) is 7.88. The number of nitrogens with zero attached hydrogens (tertiary/aromatic N) is 3. The number of ether oxygens (including phenoxy) is 4. The van der Waals surface area contributed by atoms with Crippen molar-refractivity contribution in [2.75, 3.05) is 104 Å². The zero-order valence-electron chi connectivity index (χ0n) is 39.5. The highest BCUT2D eigenvalue weighted by atomic mass is 16.6. The average Bonchev–Trinajstić information content (AvgIpc) is 3.34. The monoisotopic (exact) mass is 936 g/mol. The molecule has 0 aromatic heterocycles. The van der Waals surface area contributed by atoms with Crippen molar-refractivity contribution in [1.82, 2.24) is 15.2 Å². The van der Waals surface area contributed by atoms with E-state index in [0.29, 0.717) is 79.6 Å². The first-order valence-electron chi connectivity index (χ1n) is 22.9. The summed E-state index contributed by atoms with van der Waals surface area (Å²) < 4.78 is 30.8. The molecule has 0 saturated heterocycles. The van der Waals surface area contributed by atoms with Gasteiger partial charge in [0.05, 0.1) is 76.7 Å². The third kappa shape index (κ3) is 12.8. The van der Waals surface area contributed by atoms with Gasteiger partial charge < -0.3 is 48.9 Å². The highest BCUT2D eigenvalue weighted by molar-refractivity contribution is 6.14. The number of carbonyl (C=O) groups is 4. The molecule has 2 heterocycles. The lowest BCUT2D eigenvalue weighted by molar-refractivity contribution is -0.122. The molecule has 3 amide bonds. The Bertz CT molecular complexity index is 2910. The Labute approximate surface area is 401 Å². The highest BCUT2D eigenvalue weighted by Gasteiger charge is 2.27. The second-order valence-electron chi connectivity index (χ2n) is 16.6. The molecule has 3 aliphatic rings. The zero-order valence-corrected chi connectivity index (χ0v) is 39.5. The van der Waals surface area contributed by atoms with Crippen LogP contribution in [0.15, 0.2) is 108 Å². The lowest BCUT2D eigenvalue weighted by Gasteiger charge is -2.26. The SMILES string of the molecule is CN(C)c1ccc2c(-c3c(C(=O)O)cccc3C(=O)NCCOCCOCCOCCOCCC(=O)NCCC(=O)N3Cc4ccccc4C#Cc4ccccc43)c3ccc(=[N+](C)C)cc-3oc2c1. The zero-order chi connectivity index (χ0) is 48.7. The Hall–Kier alpha value is -7.35. The Morgan fingerprint density at radius 1 is 0.696 bits per heavy atom. The van der Waals surface area contributed by atoms with Gasteiger partial charge in [-0.15, -0.1) is 0 Å². The van der Waals surface area contributed by atoms with E-state index in [9.17, 15) is 24.3 Å². The normalized spacial score (nSPS) is 11.7. The average molecular weight is 937 g/mol. The highest BCUT2D eigenvalue weighted by Crippen LogP contribution is 2.43. The third-order valence-corrected chi connectivity index (χ3v) is 11.5. The molecule has 2 aliphatic heterocycles. The summed E-state index contributed by atoms with van der Waals surface area (Å²) >= 11 is 0. The number of rotatable bonds is 22. The van der Waals surface area contributed by atoms with Crippen molar-refractivity contribution in [2.45, 2.75) is 19.4 Å². The number of benzene rings is 5. The van der Waals surface area contributed by atoms with Crippen molar-refractivity contribution < 1.29 is 47.6 Å². The Balaban J connectivity index is 0.781. The number of anilines is 2. The van der Waals surface area contributed by atoms with E-state index in [1.165, 1.54) is 6.07 Å². The van der Waals surface area contributed by atoms with E-state index in [2.05, 4.69) is 22.5 Å². The number of hydrogen-bond donors (Lipinski definition) is 3. The van der Waals surface area contributed by atoms with Crippen LogP contribution in [0, 0.1) is 11.8 Å². The van der Waals surface area contributed by atoms with Crippen molar-refractivity contribution in [1.29, 1.82) is 0 Å². The molecular formula is C54H58N5O10+. The van der Waals surface area contributed by atoms with Gasteiger partial charge in [-0.3, -0.25) is 14.4 Å². The fraction of sp³-hybridized carbons (Fsp3) is 0.315. The predicted octanol–water partition coefficient (Wildman–Crippen LogP) is 5.64. The van der Waals surface area contributed by atoms with E-state index in [0.717, 1.165) is 33.4 Å². The molecule has 0 radical (unpaired) electrons. The molecule has 3 N–H and O–H groups in total. The van der Waals surface area contributed by atoms with E-state index in [-0.39, 0.29) is 62.1 Å². The molecule has 15 heteroatoms. The van der Waals surface area contributed by atoms with E-state index in [4.69, 9.17) is 23.4 Å². The summed E-state index contributed by atoms with van der Waals surface area (Å²) in [5, 5.41) is 17.7. The fourth-order valence-electron chi connectivity index (χ4n) is 7.88. The summed E-state index contributed by atoms with van der Waals surface area (Å²) in [5.41, 5.74) is 6.62. The topological polar surface area (TPSA) is 172 Å². The molecule has 0 bridgehead atoms. The molecule has 358 valence electrons. The second kappa shape index (κ2) is 24.1. The van der Waals surface area contributed by atoms with E-state index in [1.54, 1.807) is 17.0 Å². The van der Waals surface area contributed by atoms with Crippen molar-refractivity contribution in [3.63, 3.8) is 0 Å². The quantitative estimate of drug-likeness (QED) is 0.0333. The van der Waals surface area contributed by atoms with Crippen LogP contribution >= 0.6 is 0 Å². The van der Waals surface area contributed by atoms with Crippen molar-refractivity contribution in [3.8, 4) is 34.3 Å². The Morgan fingerprint density at radius 2 is 1.36 bits per heavy atom. The van der Waals surface area contributed by atoms with Crippen LogP contribution in [-0.2, 0) is 35.1 Å². The first-order valence-corrected chi connectivity index (χ1v) is 22.9. The molecule has 0 spiro atoms. The van der Waals surface area contributed by atoms with Crippen molar-refractivity contribution >= 4 is 46.0 Å². The van der Waals surface area contributed by atoms with Crippen LogP contribution in [0.5, 0.6) is 0 Å². The number of hydrogen-bond acceptors (Lipinski definition) is 10. The minimum atomic E-state index is -1.16. The number of fused-ring (bicyclic) bond motifs is 4. The molecule has 4 aromatic rings. The van der Waals surface area contributed by atoms with Gasteiger partial charge in [-0.2, -0.15) is 0 Å². The number of aromatic carboxylic acids is 1. The largest absolute Gasteiger partial charge is 0.478 e. The number of nitrogens with one attached hydrogen (secondary N) is 2. The molecule has 0 fully saturated rings. The lowest BCUT2D eigenvalue weighted by atomic mass is 9.87. The van der Waals surface area contributed by atoms with Gasteiger partial charge in [0.25, 0.3) is 5.91 Å². The maximum atomic E-state index is 13.8. The summed E-state index contributed by atoms with van der Waals surface area (Å²) in [5.74, 6) is 5.06. The summed E-state index contributed by atoms with van der Waals surface area (Å²) in [6, 6.07) is 31.6. The lowest BCUT2D eigenvalue weighted by Crippen LogP contribution is -2.35. The van der Waals surface area contributed by atoms with Crippen LogP contribution in [0.2, 0.25) is 0 Å². The summed E-state index contributed by atoms with van der Waals surface area (Å²) in [6.07, 6.45) is 0.302. The number of amides is 3. The Morgan fingerprint density at radius 3 is 2.09 bits per heavy atom. The first-order chi connectivity index (χ1) is 33.5. The van der Waals surface area contributed by atoms with Gasteiger partial charge in [0.2, 0.25) is 17.2 Å². The number of para-hydroxylation sites is 1. The molecule has 0 saturated carbocycles. The summed E-state index contributed by atoms with van der Waals surface area (Å²) in [4.78, 5) is 56.1. The molecule has 4 aromatic carbocycles. The smallest absolute Gasteiger partial charge is 0.336 e. The predicted molar refractivity (Wildman–Crippen MR) is 265 cm³/mol. The van der Waals surface area contributed by atoms with Gasteiger partial charge in [0.15, 0.2) is 0 Å². The van der Waals surface area contributed by atoms with Crippen LogP contribution in [-0.4, -0.2) is 123 Å². The van der Waals surface area contributed by atoms with Crippen molar-refractivity contribution in [2.24, 2.45) is 0 Å². The summed E-state index contributed by atoms with van der Waals surface area (Å²) in [6.45, 7) is 3.16. The number of carboxylic acid groups (broad SMARTS) is 1. The van der Waals surface area contributed by atoms with Crippen LogP contribution in [0.3, 0.4) is 0 Å². The minimum absolute atomic E-state index is 0.00750. The maximum Gasteiger partial charge on any atom is 0.336 e. The standard InChI is InChI=1S/C54H57N5O10/c1-57(2)40-18-20-42-47(34-40)69-48-35-41(58(3)4)19-21-43(48)51(42)52-44(13-9-14-45(52)54(63)64)53(62)56-25-27-66-29-31-68-33-32-67-30-28-65-26-23-49(60)55-24-22-50(61)59-36-39-12-6-5-10-37(39)16-17-38-11-7-8-15-46(38)59/h5-15,18-21,34-35H,22-33,36H2,1-4H3,(H2-,55,56,60,62,63,64)/p+1. The van der Waals surface area contributed by atoms with E-state index in [1.807, 2.05) is 123 Å². The minimum Gasteiger partial charge on any atom is -0.478 e. The van der Waals surface area contributed by atoms with Crippen LogP contribution in [0.4, 0.5) is 11.4 Å². The molecule has 0 unspecified atom stereocenters. The van der Waals surface area contributed by atoms with Crippen molar-refractivity contribution in [3.05, 3.63) is 136 Å². The molecule has 7 rings (SSSR count). The summed E-state index contributed by atoms with van der Waals surface area (Å²) in [7, 11) is 7.72. The Kier molecular flexibility index (Phi) is 17.3. The van der Waals surface area contributed by atoms with Gasteiger partial charge in [0.1, 0.15) is 25.4 Å². The van der Waals surface area contributed by atoms with Gasteiger partial charge in [-0.25, -0.2) is 9.37 Å². The van der Waals surface area contributed by atoms with E-state index >= 15 is 0 Å². The number of carbonyl (C=O) groups excluding carboxylic acids is 3. The molecular weight excluding hydrogens is 879 g/mol. The maximum absolute atomic E-state index is 13.8. The number of carboxylic acids is 1. The van der Waals surface area contributed by atoms with Gasteiger partial charge in [-0.05, 0) is 54.1 Å². The van der Waals surface area contributed by atoms with Gasteiger partial charge >= 0.3 is 5.97 Å². The van der Waals surface area contributed by atoms with Crippen LogP contribution in [0.25, 0.3) is 33.4 Å². The van der Waals surface area contributed by atoms with Gasteiger partial charge in [0, 0.05) is 96.6 Å². The molecule has 69 heavy (non-hydrogen) atoms. The van der Waals surface area contributed by atoms with Crippen LogP contribution < -0.4 is 30.4 Å². The molecule has 1 aliphatic carbocycles.